The quantitative estimate of drug-likeness (QED) is 0.859. The molecular formula is C12H14N2O3. The van der Waals surface area contributed by atoms with Gasteiger partial charge in [-0.05, 0) is 25.8 Å². The highest BCUT2D eigenvalue weighted by Crippen LogP contribution is 2.40. The van der Waals surface area contributed by atoms with Gasteiger partial charge >= 0.3 is 5.97 Å². The van der Waals surface area contributed by atoms with E-state index in [1.54, 1.807) is 12.4 Å². The first-order valence-corrected chi connectivity index (χ1v) is 5.51. The Morgan fingerprint density at radius 2 is 2.35 bits per heavy atom. The number of hydrogen-bond donors (Lipinski definition) is 1. The zero-order chi connectivity index (χ0) is 12.4. The molecule has 0 saturated carbocycles. The molecule has 0 amide bonds. The fourth-order valence-electron chi connectivity index (χ4n) is 1.89. The summed E-state index contributed by atoms with van der Waals surface area (Å²) >= 11 is 0. The van der Waals surface area contributed by atoms with Crippen LogP contribution in [0.5, 0.6) is 5.88 Å². The molecule has 1 aromatic rings. The Morgan fingerprint density at radius 1 is 1.59 bits per heavy atom. The molecule has 0 bridgehead atoms. The second kappa shape index (κ2) is 4.53. The van der Waals surface area contributed by atoms with Crippen molar-refractivity contribution in [2.45, 2.75) is 20.3 Å². The SMILES string of the molecule is CCOc1cncc(C2=C(C)C(C(=O)O)C2)n1. The predicted octanol–water partition coefficient (Wildman–Crippen LogP) is 1.75. The lowest BCUT2D eigenvalue weighted by Crippen LogP contribution is -2.24. The van der Waals surface area contributed by atoms with Crippen molar-refractivity contribution in [2.24, 2.45) is 5.92 Å². The molecule has 17 heavy (non-hydrogen) atoms. The van der Waals surface area contributed by atoms with Gasteiger partial charge in [-0.1, -0.05) is 5.57 Å². The number of allylic oxidation sites excluding steroid dienone is 1. The molecule has 2 rings (SSSR count). The van der Waals surface area contributed by atoms with Gasteiger partial charge in [0.1, 0.15) is 0 Å². The van der Waals surface area contributed by atoms with E-state index >= 15 is 0 Å². The topological polar surface area (TPSA) is 72.3 Å². The lowest BCUT2D eigenvalue weighted by molar-refractivity contribution is -0.140. The van der Waals surface area contributed by atoms with Crippen molar-refractivity contribution in [3.05, 3.63) is 23.7 Å². The first-order chi connectivity index (χ1) is 8.13. The first-order valence-electron chi connectivity index (χ1n) is 5.51. The Bertz CT molecular complexity index is 482. The zero-order valence-electron chi connectivity index (χ0n) is 9.80. The van der Waals surface area contributed by atoms with Crippen LogP contribution in [0.15, 0.2) is 18.0 Å². The Hall–Kier alpha value is -1.91. The van der Waals surface area contributed by atoms with Crippen LogP contribution in [0.1, 0.15) is 26.0 Å². The van der Waals surface area contributed by atoms with Crippen molar-refractivity contribution >= 4 is 11.5 Å². The number of aromatic nitrogens is 2. The van der Waals surface area contributed by atoms with Gasteiger partial charge in [0.25, 0.3) is 0 Å². The maximum atomic E-state index is 10.8. The molecule has 0 aliphatic heterocycles. The molecule has 5 heteroatoms. The van der Waals surface area contributed by atoms with Crippen LogP contribution < -0.4 is 4.74 Å². The molecular weight excluding hydrogens is 220 g/mol. The molecule has 0 aromatic carbocycles. The minimum Gasteiger partial charge on any atom is -0.481 e. The third-order valence-electron chi connectivity index (χ3n) is 2.92. The summed E-state index contributed by atoms with van der Waals surface area (Å²) in [5.74, 6) is -0.674. The van der Waals surface area contributed by atoms with E-state index in [-0.39, 0.29) is 5.92 Å². The normalized spacial score (nSPS) is 18.8. The monoisotopic (exact) mass is 234 g/mol. The summed E-state index contributed by atoms with van der Waals surface area (Å²) in [4.78, 5) is 19.2. The molecule has 1 N–H and O–H groups in total. The summed E-state index contributed by atoms with van der Waals surface area (Å²) in [5.41, 5.74) is 2.54. The molecule has 1 aliphatic carbocycles. The lowest BCUT2D eigenvalue weighted by atomic mass is 9.77. The maximum Gasteiger partial charge on any atom is 0.310 e. The molecule has 0 spiro atoms. The zero-order valence-corrected chi connectivity index (χ0v) is 9.80. The second-order valence-corrected chi connectivity index (χ2v) is 3.93. The number of ether oxygens (including phenoxy) is 1. The summed E-state index contributed by atoms with van der Waals surface area (Å²) in [7, 11) is 0. The molecule has 1 atom stereocenters. The van der Waals surface area contributed by atoms with Crippen LogP contribution in [0, 0.1) is 5.92 Å². The molecule has 0 fully saturated rings. The van der Waals surface area contributed by atoms with Crippen LogP contribution in [0.4, 0.5) is 0 Å². The summed E-state index contributed by atoms with van der Waals surface area (Å²) in [6, 6.07) is 0. The molecule has 5 nitrogen and oxygen atoms in total. The minimum atomic E-state index is -0.778. The minimum absolute atomic E-state index is 0.373. The Kier molecular flexibility index (Phi) is 3.08. The van der Waals surface area contributed by atoms with Gasteiger partial charge in [-0.2, -0.15) is 0 Å². The average Bonchev–Trinajstić information content (AvgIpc) is 2.27. The fourth-order valence-corrected chi connectivity index (χ4v) is 1.89. The highest BCUT2D eigenvalue weighted by atomic mass is 16.5. The fraction of sp³-hybridized carbons (Fsp3) is 0.417. The van der Waals surface area contributed by atoms with Gasteiger partial charge in [-0.15, -0.1) is 0 Å². The van der Waals surface area contributed by atoms with Gasteiger partial charge in [-0.25, -0.2) is 4.98 Å². The van der Waals surface area contributed by atoms with Crippen molar-refractivity contribution < 1.29 is 14.6 Å². The van der Waals surface area contributed by atoms with Crippen LogP contribution in [-0.2, 0) is 4.79 Å². The van der Waals surface area contributed by atoms with Crippen LogP contribution in [-0.4, -0.2) is 27.7 Å². The predicted molar refractivity (Wildman–Crippen MR) is 61.5 cm³/mol. The third kappa shape index (κ3) is 2.13. The van der Waals surface area contributed by atoms with Crippen LogP contribution >= 0.6 is 0 Å². The largest absolute Gasteiger partial charge is 0.481 e. The Morgan fingerprint density at radius 3 is 2.94 bits per heavy atom. The number of rotatable bonds is 4. The van der Waals surface area contributed by atoms with Crippen LogP contribution in [0.2, 0.25) is 0 Å². The molecule has 1 unspecified atom stereocenters. The van der Waals surface area contributed by atoms with E-state index in [4.69, 9.17) is 9.84 Å². The standard InChI is InChI=1S/C12H14N2O3/c1-3-17-11-6-13-5-10(14-11)8-4-9(7(8)2)12(15)16/h5-6,9H,3-4H2,1-2H3,(H,15,16). The van der Waals surface area contributed by atoms with E-state index in [2.05, 4.69) is 9.97 Å². The third-order valence-corrected chi connectivity index (χ3v) is 2.92. The van der Waals surface area contributed by atoms with E-state index in [1.165, 1.54) is 0 Å². The van der Waals surface area contributed by atoms with Gasteiger partial charge in [0, 0.05) is 0 Å². The highest BCUT2D eigenvalue weighted by Gasteiger charge is 2.33. The first kappa shape index (κ1) is 11.6. The van der Waals surface area contributed by atoms with Crippen LogP contribution in [0.25, 0.3) is 5.57 Å². The maximum absolute atomic E-state index is 10.8. The summed E-state index contributed by atoms with van der Waals surface area (Å²) in [6.45, 7) is 4.24. The van der Waals surface area contributed by atoms with E-state index in [0.29, 0.717) is 24.6 Å². The average molecular weight is 234 g/mol. The number of carbonyl (C=O) groups is 1. The number of aliphatic carboxylic acids is 1. The van der Waals surface area contributed by atoms with Crippen molar-refractivity contribution in [1.82, 2.24) is 9.97 Å². The highest BCUT2D eigenvalue weighted by molar-refractivity contribution is 5.86. The molecule has 1 heterocycles. The molecule has 0 radical (unpaired) electrons. The number of hydrogen-bond acceptors (Lipinski definition) is 4. The van der Waals surface area contributed by atoms with Crippen molar-refractivity contribution in [3.8, 4) is 5.88 Å². The van der Waals surface area contributed by atoms with E-state index < -0.39 is 5.97 Å². The van der Waals surface area contributed by atoms with Gasteiger partial charge < -0.3 is 9.84 Å². The lowest BCUT2D eigenvalue weighted by Gasteiger charge is -2.27. The summed E-state index contributed by atoms with van der Waals surface area (Å²) in [5, 5.41) is 8.91. The molecule has 90 valence electrons. The van der Waals surface area contributed by atoms with E-state index in [1.807, 2.05) is 13.8 Å². The second-order valence-electron chi connectivity index (χ2n) is 3.93. The van der Waals surface area contributed by atoms with Gasteiger partial charge in [0.15, 0.2) is 0 Å². The van der Waals surface area contributed by atoms with Gasteiger partial charge in [0.2, 0.25) is 5.88 Å². The van der Waals surface area contributed by atoms with E-state index in [9.17, 15) is 4.79 Å². The van der Waals surface area contributed by atoms with Gasteiger partial charge in [-0.3, -0.25) is 9.78 Å². The number of carboxylic acids is 1. The van der Waals surface area contributed by atoms with Crippen molar-refractivity contribution in [3.63, 3.8) is 0 Å². The van der Waals surface area contributed by atoms with Crippen molar-refractivity contribution in [2.75, 3.05) is 6.61 Å². The molecule has 1 aromatic heterocycles. The Balaban J connectivity index is 2.25. The van der Waals surface area contributed by atoms with E-state index in [0.717, 1.165) is 11.1 Å². The number of carboxylic acid groups (broad SMARTS) is 1. The molecule has 1 aliphatic rings. The van der Waals surface area contributed by atoms with Crippen LogP contribution in [0.3, 0.4) is 0 Å². The summed E-state index contributed by atoms with van der Waals surface area (Å²) in [6.07, 6.45) is 3.71. The molecule has 0 saturated heterocycles. The Labute approximate surface area is 99.2 Å². The van der Waals surface area contributed by atoms with Crippen molar-refractivity contribution in [1.29, 1.82) is 0 Å². The van der Waals surface area contributed by atoms with Gasteiger partial charge in [0.05, 0.1) is 30.6 Å². The summed E-state index contributed by atoms with van der Waals surface area (Å²) < 4.78 is 5.26. The smallest absolute Gasteiger partial charge is 0.310 e. The number of nitrogens with zero attached hydrogens (tertiary/aromatic N) is 2.